The van der Waals surface area contributed by atoms with Crippen LogP contribution < -0.4 is 22.3 Å². The van der Waals surface area contributed by atoms with Crippen molar-refractivity contribution in [3.8, 4) is 0 Å². The van der Waals surface area contributed by atoms with Crippen molar-refractivity contribution in [3.05, 3.63) is 24.3 Å². The van der Waals surface area contributed by atoms with Crippen molar-refractivity contribution in [1.29, 1.82) is 0 Å². The maximum atomic E-state index is 12.6. The Hall–Kier alpha value is -1.50. The molecule has 0 bridgehead atoms. The first-order chi connectivity index (χ1) is 10.8. The number of carbonyl (C=O) groups excluding carboxylic acids is 1. The molecule has 2 aliphatic heterocycles. The van der Waals surface area contributed by atoms with Crippen molar-refractivity contribution < 1.29 is 26.5 Å². The second-order valence-electron chi connectivity index (χ2n) is 5.82. The van der Waals surface area contributed by atoms with Crippen LogP contribution in [-0.4, -0.2) is 48.2 Å². The third-order valence-electron chi connectivity index (χ3n) is 4.47. The maximum absolute atomic E-state index is 12.6. The van der Waals surface area contributed by atoms with E-state index in [1.807, 2.05) is 11.0 Å². The van der Waals surface area contributed by atoms with Gasteiger partial charge in [0.15, 0.2) is 6.54 Å². The number of nitrogens with zero attached hydrogens (tertiary/aromatic N) is 3. The van der Waals surface area contributed by atoms with Gasteiger partial charge in [0, 0.05) is 19.5 Å². The van der Waals surface area contributed by atoms with Crippen LogP contribution in [-0.2, 0) is 22.6 Å². The number of aromatic nitrogens is 2. The quantitative estimate of drug-likeness (QED) is 0.622. The molecular weight excluding hydrogens is 351 g/mol. The number of benzene rings is 1. The van der Waals surface area contributed by atoms with E-state index in [4.69, 9.17) is 4.74 Å². The summed E-state index contributed by atoms with van der Waals surface area (Å²) in [6.45, 7) is 5.02. The highest BCUT2D eigenvalue weighted by Crippen LogP contribution is 2.20. The van der Waals surface area contributed by atoms with Gasteiger partial charge in [-0.2, -0.15) is 0 Å². The van der Waals surface area contributed by atoms with Crippen molar-refractivity contribution >= 4 is 35.3 Å². The highest BCUT2D eigenvalue weighted by molar-refractivity contribution is 5.85. The molecule has 1 fully saturated rings. The van der Waals surface area contributed by atoms with E-state index >= 15 is 0 Å². The third-order valence-corrected chi connectivity index (χ3v) is 4.47. The van der Waals surface area contributed by atoms with E-state index in [0.29, 0.717) is 32.8 Å². The first-order valence-corrected chi connectivity index (χ1v) is 7.95. The summed E-state index contributed by atoms with van der Waals surface area (Å²) < 4.78 is 9.73. The van der Waals surface area contributed by atoms with E-state index in [-0.39, 0.29) is 30.7 Å². The Balaban J connectivity index is 0.00000104. The minimum absolute atomic E-state index is 0. The van der Waals surface area contributed by atoms with Crippen molar-refractivity contribution in [2.24, 2.45) is 0 Å². The summed E-state index contributed by atoms with van der Waals surface area (Å²) in [5.74, 6) is 1.22. The molecule has 132 valence electrons. The van der Waals surface area contributed by atoms with Gasteiger partial charge in [0.25, 0.3) is 5.91 Å². The van der Waals surface area contributed by atoms with Crippen LogP contribution in [0.25, 0.3) is 11.0 Å². The van der Waals surface area contributed by atoms with Gasteiger partial charge in [0.05, 0.1) is 26.3 Å². The number of morpholine rings is 1. The number of anilines is 1. The number of para-hydroxylation sites is 2. The second-order valence-corrected chi connectivity index (χ2v) is 5.82. The molecule has 1 amide bonds. The number of amides is 1. The molecule has 1 N–H and O–H groups in total. The predicted octanol–water partition coefficient (Wildman–Crippen LogP) is -1.97. The molecule has 4 rings (SSSR count). The molecule has 2 aromatic rings. The van der Waals surface area contributed by atoms with E-state index in [1.54, 1.807) is 0 Å². The lowest BCUT2D eigenvalue weighted by atomic mass is 10.3. The van der Waals surface area contributed by atoms with Gasteiger partial charge in [-0.25, -0.2) is 9.13 Å². The van der Waals surface area contributed by atoms with Gasteiger partial charge < -0.3 is 22.0 Å². The Morgan fingerprint density at radius 3 is 2.79 bits per heavy atom. The van der Waals surface area contributed by atoms with Gasteiger partial charge >= 0.3 is 5.95 Å². The number of imidazole rings is 1. The summed E-state index contributed by atoms with van der Waals surface area (Å²) >= 11 is 0. The molecule has 0 radical (unpaired) electrons. The Morgan fingerprint density at radius 2 is 2.00 bits per heavy atom. The molecule has 8 heteroatoms. The molecule has 3 heterocycles. The zero-order valence-corrected chi connectivity index (χ0v) is 15.0. The predicted molar refractivity (Wildman–Crippen MR) is 89.9 cm³/mol. The molecule has 0 aliphatic carbocycles. The summed E-state index contributed by atoms with van der Waals surface area (Å²) in [6.07, 6.45) is 1.11. The van der Waals surface area contributed by atoms with E-state index in [9.17, 15) is 4.79 Å². The van der Waals surface area contributed by atoms with Crippen LogP contribution in [0.5, 0.6) is 0 Å². The summed E-state index contributed by atoms with van der Waals surface area (Å²) in [5, 5.41) is 3.46. The van der Waals surface area contributed by atoms with Crippen LogP contribution >= 0.6 is 12.4 Å². The zero-order valence-electron chi connectivity index (χ0n) is 13.4. The first kappa shape index (κ1) is 18.8. The largest absolute Gasteiger partial charge is 1.00 e. The fourth-order valence-corrected chi connectivity index (χ4v) is 3.36. The minimum Gasteiger partial charge on any atom is -1.00 e. The Bertz CT molecular complexity index is 713. The number of halogens is 2. The highest BCUT2D eigenvalue weighted by Gasteiger charge is 2.28. The summed E-state index contributed by atoms with van der Waals surface area (Å²) in [6, 6.07) is 8.30. The number of fused-ring (bicyclic) bond motifs is 3. The lowest BCUT2D eigenvalue weighted by molar-refractivity contribution is -0.661. The van der Waals surface area contributed by atoms with Gasteiger partial charge in [0.2, 0.25) is 0 Å². The van der Waals surface area contributed by atoms with Crippen LogP contribution in [0.15, 0.2) is 24.3 Å². The van der Waals surface area contributed by atoms with Crippen LogP contribution in [0.1, 0.15) is 6.42 Å². The lowest BCUT2D eigenvalue weighted by Crippen LogP contribution is -3.00. The van der Waals surface area contributed by atoms with E-state index in [1.165, 1.54) is 5.52 Å². The Kier molecular flexibility index (Phi) is 6.32. The molecular formula is C16H22Cl2N4O2. The van der Waals surface area contributed by atoms with Gasteiger partial charge in [-0.1, -0.05) is 12.1 Å². The number of nitrogens with one attached hydrogen (secondary N) is 1. The molecule has 0 atom stereocenters. The third kappa shape index (κ3) is 3.31. The van der Waals surface area contributed by atoms with Gasteiger partial charge in [-0.05, 0) is 12.1 Å². The number of ether oxygens (including phenoxy) is 1. The van der Waals surface area contributed by atoms with Crippen molar-refractivity contribution in [2.45, 2.75) is 19.5 Å². The van der Waals surface area contributed by atoms with Crippen LogP contribution in [0, 0.1) is 0 Å². The molecule has 0 spiro atoms. The molecule has 2 aliphatic rings. The van der Waals surface area contributed by atoms with E-state index < -0.39 is 0 Å². The minimum atomic E-state index is 0. The van der Waals surface area contributed by atoms with Crippen molar-refractivity contribution in [2.75, 3.05) is 38.2 Å². The smallest absolute Gasteiger partial charge is 0.358 e. The average molecular weight is 373 g/mol. The summed E-state index contributed by atoms with van der Waals surface area (Å²) in [7, 11) is 0. The number of hydrogen-bond donors (Lipinski definition) is 1. The number of aryl methyl sites for hydroxylation is 1. The maximum Gasteiger partial charge on any atom is 0.358 e. The van der Waals surface area contributed by atoms with Crippen LogP contribution in [0.3, 0.4) is 0 Å². The summed E-state index contributed by atoms with van der Waals surface area (Å²) in [4.78, 5) is 14.5. The van der Waals surface area contributed by atoms with E-state index in [0.717, 1.165) is 31.0 Å². The first-order valence-electron chi connectivity index (χ1n) is 7.95. The average Bonchev–Trinajstić information content (AvgIpc) is 2.90. The topological polar surface area (TPSA) is 50.4 Å². The van der Waals surface area contributed by atoms with Crippen LogP contribution in [0.2, 0.25) is 0 Å². The summed E-state index contributed by atoms with van der Waals surface area (Å²) in [5.41, 5.74) is 2.31. The molecule has 0 unspecified atom stereocenters. The van der Waals surface area contributed by atoms with Gasteiger partial charge in [-0.15, -0.1) is 12.4 Å². The fourth-order valence-electron chi connectivity index (χ4n) is 3.36. The lowest BCUT2D eigenvalue weighted by Gasteiger charge is -2.26. The molecule has 0 saturated carbocycles. The fraction of sp³-hybridized carbons (Fsp3) is 0.500. The number of carbonyl (C=O) groups is 1. The second kappa shape index (κ2) is 8.05. The normalized spacial score (nSPS) is 16.6. The molecule has 1 aromatic heterocycles. The number of rotatable bonds is 2. The molecule has 24 heavy (non-hydrogen) atoms. The monoisotopic (exact) mass is 372 g/mol. The van der Waals surface area contributed by atoms with Crippen molar-refractivity contribution in [1.82, 2.24) is 9.47 Å². The van der Waals surface area contributed by atoms with E-state index in [2.05, 4.69) is 32.7 Å². The van der Waals surface area contributed by atoms with Crippen LogP contribution in [0.4, 0.5) is 5.95 Å². The Morgan fingerprint density at radius 1 is 1.25 bits per heavy atom. The SMILES string of the molecule is Cl.O=C(Cn1c2[n+](c3ccccc31)CCCN2)N1CCOCC1.[Cl-]. The highest BCUT2D eigenvalue weighted by atomic mass is 35.5. The van der Waals surface area contributed by atoms with Gasteiger partial charge in [0.1, 0.15) is 11.0 Å². The number of hydrogen-bond acceptors (Lipinski definition) is 3. The molecule has 1 saturated heterocycles. The standard InChI is InChI=1S/C16H20N4O2.2ClH/c21-15(18-8-10-22-11-9-18)12-20-14-5-2-1-4-13(14)19-7-3-6-17-16(19)20;;/h1-2,4-5H,3,6-12H2;2*1H. The molecule has 1 aromatic carbocycles. The Labute approximate surface area is 153 Å². The van der Waals surface area contributed by atoms with Crippen molar-refractivity contribution in [3.63, 3.8) is 0 Å². The van der Waals surface area contributed by atoms with Gasteiger partial charge in [-0.3, -0.25) is 10.1 Å². The zero-order chi connectivity index (χ0) is 14.9. The molecule has 6 nitrogen and oxygen atoms in total.